The van der Waals surface area contributed by atoms with Gasteiger partial charge in [-0.3, -0.25) is 4.72 Å². The van der Waals surface area contributed by atoms with Gasteiger partial charge in [-0.1, -0.05) is 6.07 Å². The number of hydrogen-bond donors (Lipinski definition) is 1. The van der Waals surface area contributed by atoms with E-state index in [0.29, 0.717) is 17.2 Å². The zero-order valence-electron chi connectivity index (χ0n) is 17.2. The summed E-state index contributed by atoms with van der Waals surface area (Å²) in [5.74, 6) is 1.15. The summed E-state index contributed by atoms with van der Waals surface area (Å²) in [6.45, 7) is 2.10. The Balaban J connectivity index is 1.36. The van der Waals surface area contributed by atoms with Crippen molar-refractivity contribution in [2.24, 2.45) is 0 Å². The highest BCUT2D eigenvalue weighted by atomic mass is 32.2. The van der Waals surface area contributed by atoms with Crippen LogP contribution in [0.2, 0.25) is 0 Å². The molecule has 0 amide bonds. The van der Waals surface area contributed by atoms with Gasteiger partial charge in [0.15, 0.2) is 0 Å². The maximum Gasteiger partial charge on any atom is 0.236 e. The number of hydrogen-bond acceptors (Lipinski definition) is 6. The Kier molecular flexibility index (Phi) is 6.11. The average Bonchev–Trinajstić information content (AvgIpc) is 3.17. The Morgan fingerprint density at radius 2 is 1.68 bits per heavy atom. The summed E-state index contributed by atoms with van der Waals surface area (Å²) in [5, 5.41) is 0.905. The molecule has 8 heteroatoms. The average molecular weight is 455 g/mol. The smallest absolute Gasteiger partial charge is 0.236 e. The van der Waals surface area contributed by atoms with Crippen LogP contribution in [0.5, 0.6) is 11.5 Å². The van der Waals surface area contributed by atoms with Crippen molar-refractivity contribution in [2.75, 3.05) is 24.2 Å². The fraction of sp³-hybridized carbons (Fsp3) is 0.174. The Morgan fingerprint density at radius 3 is 2.39 bits per heavy atom. The van der Waals surface area contributed by atoms with Gasteiger partial charge in [-0.15, -0.1) is 11.3 Å². The van der Waals surface area contributed by atoms with Gasteiger partial charge in [0.05, 0.1) is 17.3 Å². The number of nitrogens with zero attached hydrogens (tertiary/aromatic N) is 1. The number of rotatable bonds is 8. The molecule has 4 aromatic rings. The Morgan fingerprint density at radius 1 is 0.968 bits per heavy atom. The molecule has 4 rings (SSSR count). The van der Waals surface area contributed by atoms with Gasteiger partial charge in [0, 0.05) is 11.3 Å². The van der Waals surface area contributed by atoms with Gasteiger partial charge in [-0.05, 0) is 73.2 Å². The summed E-state index contributed by atoms with van der Waals surface area (Å²) >= 11 is 1.62. The number of thiazole rings is 1. The first-order valence-corrected chi connectivity index (χ1v) is 12.1. The molecule has 0 bridgehead atoms. The minimum atomic E-state index is -3.53. The number of aryl methyl sites for hydroxylation is 1. The van der Waals surface area contributed by atoms with Gasteiger partial charge >= 0.3 is 0 Å². The molecular weight excluding hydrogens is 432 g/mol. The van der Waals surface area contributed by atoms with Crippen LogP contribution < -0.4 is 14.2 Å². The molecule has 31 heavy (non-hydrogen) atoms. The quantitative estimate of drug-likeness (QED) is 0.401. The third-order valence-corrected chi connectivity index (χ3v) is 6.95. The first-order chi connectivity index (χ1) is 14.9. The van der Waals surface area contributed by atoms with Crippen molar-refractivity contribution < 1.29 is 17.9 Å². The lowest BCUT2D eigenvalue weighted by Gasteiger charge is -2.10. The van der Waals surface area contributed by atoms with Gasteiger partial charge in [0.2, 0.25) is 10.0 Å². The standard InChI is InChI=1S/C23H22N2O4S2/c1-16-3-12-21-22(15-16)30-23(24-21)17-4-6-18(7-5-17)25-31(26,27)14-13-29-20-10-8-19(28-2)9-11-20/h3-12,15,25H,13-14H2,1-2H3. The van der Waals surface area contributed by atoms with Crippen molar-refractivity contribution in [3.05, 3.63) is 72.3 Å². The summed E-state index contributed by atoms with van der Waals surface area (Å²) in [5.41, 5.74) is 3.62. The number of sulfonamides is 1. The number of fused-ring (bicyclic) bond motifs is 1. The van der Waals surface area contributed by atoms with E-state index in [2.05, 4.69) is 22.7 Å². The van der Waals surface area contributed by atoms with Crippen molar-refractivity contribution in [3.63, 3.8) is 0 Å². The predicted molar refractivity (Wildman–Crippen MR) is 126 cm³/mol. The zero-order chi connectivity index (χ0) is 21.8. The molecular formula is C23H22N2O4S2. The third-order valence-electron chi connectivity index (χ3n) is 4.63. The molecule has 0 radical (unpaired) electrons. The van der Waals surface area contributed by atoms with Crippen molar-refractivity contribution in [2.45, 2.75) is 6.92 Å². The number of anilines is 1. The number of aromatic nitrogens is 1. The van der Waals surface area contributed by atoms with E-state index < -0.39 is 10.0 Å². The van der Waals surface area contributed by atoms with Gasteiger partial charge in [0.25, 0.3) is 0 Å². The molecule has 0 aliphatic heterocycles. The van der Waals surface area contributed by atoms with Gasteiger partial charge in [-0.2, -0.15) is 0 Å². The Hall–Kier alpha value is -3.10. The second kappa shape index (κ2) is 8.95. The molecule has 0 aliphatic carbocycles. The number of ether oxygens (including phenoxy) is 2. The van der Waals surface area contributed by atoms with Crippen LogP contribution in [0, 0.1) is 6.92 Å². The lowest BCUT2D eigenvalue weighted by atomic mass is 10.2. The highest BCUT2D eigenvalue weighted by molar-refractivity contribution is 7.92. The van der Waals surface area contributed by atoms with E-state index in [1.54, 1.807) is 54.8 Å². The van der Waals surface area contributed by atoms with Crippen LogP contribution in [0.25, 0.3) is 20.8 Å². The van der Waals surface area contributed by atoms with Gasteiger partial charge in [-0.25, -0.2) is 13.4 Å². The van der Waals surface area contributed by atoms with Crippen LogP contribution in [0.4, 0.5) is 5.69 Å². The first-order valence-electron chi connectivity index (χ1n) is 9.67. The van der Waals surface area contributed by atoms with Crippen molar-refractivity contribution in [1.29, 1.82) is 0 Å². The van der Waals surface area contributed by atoms with E-state index in [1.807, 2.05) is 24.3 Å². The fourth-order valence-corrected chi connectivity index (χ4v) is 4.98. The molecule has 160 valence electrons. The largest absolute Gasteiger partial charge is 0.497 e. The van der Waals surface area contributed by atoms with Crippen LogP contribution >= 0.6 is 11.3 Å². The molecule has 0 unspecified atom stereocenters. The van der Waals surface area contributed by atoms with Crippen LogP contribution in [0.3, 0.4) is 0 Å². The van der Waals surface area contributed by atoms with Crippen LogP contribution in [-0.4, -0.2) is 32.9 Å². The molecule has 1 N–H and O–H groups in total. The molecule has 6 nitrogen and oxygen atoms in total. The fourth-order valence-electron chi connectivity index (χ4n) is 3.01. The summed E-state index contributed by atoms with van der Waals surface area (Å²) in [4.78, 5) is 4.66. The van der Waals surface area contributed by atoms with E-state index in [0.717, 1.165) is 20.8 Å². The number of nitrogens with one attached hydrogen (secondary N) is 1. The molecule has 1 heterocycles. The highest BCUT2D eigenvalue weighted by Crippen LogP contribution is 2.31. The second-order valence-corrected chi connectivity index (χ2v) is 9.88. The lowest BCUT2D eigenvalue weighted by molar-refractivity contribution is 0.340. The minimum Gasteiger partial charge on any atom is -0.497 e. The first kappa shape index (κ1) is 21.1. The van der Waals surface area contributed by atoms with E-state index >= 15 is 0 Å². The third kappa shape index (κ3) is 5.34. The maximum absolute atomic E-state index is 12.4. The Labute approximate surface area is 185 Å². The summed E-state index contributed by atoms with van der Waals surface area (Å²) in [6, 6.07) is 20.4. The predicted octanol–water partition coefficient (Wildman–Crippen LogP) is 5.10. The summed E-state index contributed by atoms with van der Waals surface area (Å²) in [7, 11) is -1.95. The molecule has 0 saturated heterocycles. The van der Waals surface area contributed by atoms with Crippen molar-refractivity contribution in [3.8, 4) is 22.1 Å². The SMILES string of the molecule is COc1ccc(OCCS(=O)(=O)Nc2ccc(-c3nc4ccc(C)cc4s3)cc2)cc1. The zero-order valence-corrected chi connectivity index (χ0v) is 18.8. The van der Waals surface area contributed by atoms with Crippen LogP contribution in [-0.2, 0) is 10.0 Å². The van der Waals surface area contributed by atoms with E-state index in [1.165, 1.54) is 5.56 Å². The summed E-state index contributed by atoms with van der Waals surface area (Å²) in [6.07, 6.45) is 0. The normalized spacial score (nSPS) is 11.4. The van der Waals surface area contributed by atoms with Crippen molar-refractivity contribution in [1.82, 2.24) is 4.98 Å². The Bertz CT molecular complexity index is 1280. The molecule has 0 fully saturated rings. The monoisotopic (exact) mass is 454 g/mol. The van der Waals surface area contributed by atoms with Gasteiger partial charge < -0.3 is 9.47 Å². The topological polar surface area (TPSA) is 77.5 Å². The molecule has 0 saturated carbocycles. The molecule has 0 spiro atoms. The minimum absolute atomic E-state index is 0.0465. The second-order valence-electron chi connectivity index (χ2n) is 7.01. The number of benzene rings is 3. The molecule has 1 aromatic heterocycles. The van der Waals surface area contributed by atoms with E-state index in [9.17, 15) is 8.42 Å². The highest BCUT2D eigenvalue weighted by Gasteiger charge is 2.12. The van der Waals surface area contributed by atoms with E-state index in [-0.39, 0.29) is 12.4 Å². The molecule has 0 atom stereocenters. The maximum atomic E-state index is 12.4. The number of methoxy groups -OCH3 is 1. The molecule has 3 aromatic carbocycles. The summed E-state index contributed by atoms with van der Waals surface area (Å²) < 4.78 is 39.1. The van der Waals surface area contributed by atoms with Crippen LogP contribution in [0.1, 0.15) is 5.56 Å². The van der Waals surface area contributed by atoms with Crippen molar-refractivity contribution >= 4 is 37.3 Å². The lowest BCUT2D eigenvalue weighted by Crippen LogP contribution is -2.21. The van der Waals surface area contributed by atoms with Crippen LogP contribution in [0.15, 0.2) is 66.7 Å². The molecule has 0 aliphatic rings. The van der Waals surface area contributed by atoms with E-state index in [4.69, 9.17) is 9.47 Å². The van der Waals surface area contributed by atoms with Gasteiger partial charge in [0.1, 0.15) is 28.9 Å².